The summed E-state index contributed by atoms with van der Waals surface area (Å²) < 4.78 is 41.0. The zero-order chi connectivity index (χ0) is 12.2. The van der Waals surface area contributed by atoms with Crippen molar-refractivity contribution in [1.82, 2.24) is 4.98 Å². The number of hydrogen-bond acceptors (Lipinski definition) is 3. The molecule has 1 aromatic rings. The molecule has 16 heavy (non-hydrogen) atoms. The number of aromatic nitrogens is 1. The number of nitrogens with zero attached hydrogens (tertiary/aromatic N) is 1. The van der Waals surface area contributed by atoms with Crippen molar-refractivity contribution >= 4 is 0 Å². The molecular weight excluding hydrogens is 221 g/mol. The minimum Gasteiger partial charge on any atom is -0.363 e. The van der Waals surface area contributed by atoms with Crippen molar-refractivity contribution in [2.24, 2.45) is 5.73 Å². The lowest BCUT2D eigenvalue weighted by Gasteiger charge is -2.15. The highest BCUT2D eigenvalue weighted by molar-refractivity contribution is 5.13. The Morgan fingerprint density at radius 2 is 2.12 bits per heavy atom. The van der Waals surface area contributed by atoms with Crippen molar-refractivity contribution < 1.29 is 17.9 Å². The molecular formula is C10H13F3N2O. The van der Waals surface area contributed by atoms with Crippen molar-refractivity contribution in [1.29, 1.82) is 0 Å². The van der Waals surface area contributed by atoms with Crippen molar-refractivity contribution in [3.8, 4) is 0 Å². The molecule has 90 valence electrons. The topological polar surface area (TPSA) is 48.1 Å². The van der Waals surface area contributed by atoms with E-state index in [0.29, 0.717) is 12.2 Å². The number of alkyl halides is 3. The molecule has 0 aliphatic rings. The lowest BCUT2D eigenvalue weighted by molar-refractivity contribution is -0.217. The van der Waals surface area contributed by atoms with Gasteiger partial charge in [-0.15, -0.1) is 0 Å². The molecule has 3 nitrogen and oxygen atoms in total. The number of nitrogens with two attached hydrogens (primary N) is 1. The third-order valence-electron chi connectivity index (χ3n) is 2.06. The molecule has 0 saturated heterocycles. The molecule has 0 saturated carbocycles. The first-order valence-electron chi connectivity index (χ1n) is 4.75. The maximum absolute atomic E-state index is 12.1. The summed E-state index contributed by atoms with van der Waals surface area (Å²) in [6.45, 7) is 1.16. The first kappa shape index (κ1) is 12.9. The van der Waals surface area contributed by atoms with Gasteiger partial charge in [0.05, 0.1) is 12.3 Å². The van der Waals surface area contributed by atoms with Gasteiger partial charge in [-0.1, -0.05) is 6.07 Å². The highest BCUT2D eigenvalue weighted by atomic mass is 19.4. The first-order valence-corrected chi connectivity index (χ1v) is 4.75. The fourth-order valence-electron chi connectivity index (χ4n) is 0.966. The van der Waals surface area contributed by atoms with E-state index < -0.39 is 12.3 Å². The predicted molar refractivity (Wildman–Crippen MR) is 52.4 cm³/mol. The fraction of sp³-hybridized carbons (Fsp3) is 0.500. The maximum Gasteiger partial charge on any atom is 0.414 e. The number of ether oxygens (including phenoxy) is 1. The van der Waals surface area contributed by atoms with Crippen LogP contribution in [0, 0.1) is 0 Å². The van der Waals surface area contributed by atoms with E-state index in [-0.39, 0.29) is 6.61 Å². The van der Waals surface area contributed by atoms with Crippen LogP contribution in [0.5, 0.6) is 0 Å². The molecule has 1 atom stereocenters. The summed E-state index contributed by atoms with van der Waals surface area (Å²) in [4.78, 5) is 3.93. The molecule has 0 aliphatic heterocycles. The molecule has 0 spiro atoms. The van der Waals surface area contributed by atoms with Crippen molar-refractivity contribution in [2.75, 3.05) is 0 Å². The molecule has 0 aromatic carbocycles. The van der Waals surface area contributed by atoms with Crippen LogP contribution in [0.4, 0.5) is 13.2 Å². The second kappa shape index (κ2) is 5.27. The summed E-state index contributed by atoms with van der Waals surface area (Å²) >= 11 is 0. The summed E-state index contributed by atoms with van der Waals surface area (Å²) in [7, 11) is 0. The zero-order valence-electron chi connectivity index (χ0n) is 8.79. The fourth-order valence-corrected chi connectivity index (χ4v) is 0.966. The largest absolute Gasteiger partial charge is 0.414 e. The molecule has 1 heterocycles. The van der Waals surface area contributed by atoms with Crippen LogP contribution in [-0.4, -0.2) is 17.3 Å². The molecule has 1 aromatic heterocycles. The Labute approximate surface area is 91.4 Å². The lowest BCUT2D eigenvalue weighted by Crippen LogP contribution is -2.28. The van der Waals surface area contributed by atoms with Gasteiger partial charge in [0.25, 0.3) is 0 Å². The van der Waals surface area contributed by atoms with E-state index in [2.05, 4.69) is 9.72 Å². The summed E-state index contributed by atoms with van der Waals surface area (Å²) in [5.41, 5.74) is 6.64. The minimum absolute atomic E-state index is 0.161. The van der Waals surface area contributed by atoms with Crippen LogP contribution in [0.15, 0.2) is 18.3 Å². The SMILES string of the molecule is CC(OCc1ccc(CN)cn1)C(F)(F)F. The normalized spacial score (nSPS) is 13.8. The number of hydrogen-bond donors (Lipinski definition) is 1. The minimum atomic E-state index is -4.34. The van der Waals surface area contributed by atoms with Gasteiger partial charge < -0.3 is 10.5 Å². The van der Waals surface area contributed by atoms with E-state index in [9.17, 15) is 13.2 Å². The third-order valence-corrected chi connectivity index (χ3v) is 2.06. The van der Waals surface area contributed by atoms with Gasteiger partial charge in [-0.25, -0.2) is 0 Å². The van der Waals surface area contributed by atoms with Gasteiger partial charge in [-0.2, -0.15) is 13.2 Å². The molecule has 2 N–H and O–H groups in total. The van der Waals surface area contributed by atoms with Crippen LogP contribution in [0.2, 0.25) is 0 Å². The van der Waals surface area contributed by atoms with E-state index in [4.69, 9.17) is 5.73 Å². The van der Waals surface area contributed by atoms with Crippen LogP contribution in [0.25, 0.3) is 0 Å². The molecule has 0 amide bonds. The van der Waals surface area contributed by atoms with Crippen LogP contribution in [0.1, 0.15) is 18.2 Å². The first-order chi connectivity index (χ1) is 7.43. The Bertz CT molecular complexity index is 324. The van der Waals surface area contributed by atoms with E-state index in [0.717, 1.165) is 12.5 Å². The van der Waals surface area contributed by atoms with E-state index in [1.165, 1.54) is 6.20 Å². The van der Waals surface area contributed by atoms with Crippen LogP contribution >= 0.6 is 0 Å². The highest BCUT2D eigenvalue weighted by Gasteiger charge is 2.36. The monoisotopic (exact) mass is 234 g/mol. The molecule has 0 fully saturated rings. The standard InChI is InChI=1S/C10H13F3N2O/c1-7(10(11,12)13)16-6-9-3-2-8(4-14)5-15-9/h2-3,5,7H,4,6,14H2,1H3. The smallest absolute Gasteiger partial charge is 0.363 e. The van der Waals surface area contributed by atoms with Gasteiger partial charge in [0.2, 0.25) is 0 Å². The van der Waals surface area contributed by atoms with Crippen molar-refractivity contribution in [3.63, 3.8) is 0 Å². The van der Waals surface area contributed by atoms with Gasteiger partial charge in [0.15, 0.2) is 6.10 Å². The Morgan fingerprint density at radius 1 is 1.44 bits per heavy atom. The summed E-state index contributed by atoms with van der Waals surface area (Å²) in [5, 5.41) is 0. The zero-order valence-corrected chi connectivity index (χ0v) is 8.79. The van der Waals surface area contributed by atoms with Crippen LogP contribution < -0.4 is 5.73 Å². The highest BCUT2D eigenvalue weighted by Crippen LogP contribution is 2.22. The van der Waals surface area contributed by atoms with E-state index in [1.807, 2.05) is 0 Å². The van der Waals surface area contributed by atoms with Crippen LogP contribution in [0.3, 0.4) is 0 Å². The van der Waals surface area contributed by atoms with Gasteiger partial charge in [-0.05, 0) is 18.6 Å². The third kappa shape index (κ3) is 3.79. The van der Waals surface area contributed by atoms with Gasteiger partial charge in [0.1, 0.15) is 0 Å². The van der Waals surface area contributed by atoms with E-state index >= 15 is 0 Å². The molecule has 0 radical (unpaired) electrons. The summed E-state index contributed by atoms with van der Waals surface area (Å²) in [6, 6.07) is 3.31. The van der Waals surface area contributed by atoms with Crippen molar-refractivity contribution in [3.05, 3.63) is 29.6 Å². The summed E-state index contributed by atoms with van der Waals surface area (Å²) in [6.07, 6.45) is -4.60. The van der Waals surface area contributed by atoms with Gasteiger partial charge >= 0.3 is 6.18 Å². The average molecular weight is 234 g/mol. The molecule has 0 aliphatic carbocycles. The molecule has 1 rings (SSSR count). The predicted octanol–water partition coefficient (Wildman–Crippen LogP) is 2.01. The van der Waals surface area contributed by atoms with E-state index in [1.54, 1.807) is 12.1 Å². The second-order valence-electron chi connectivity index (χ2n) is 3.36. The van der Waals surface area contributed by atoms with Crippen molar-refractivity contribution in [2.45, 2.75) is 32.4 Å². The molecule has 6 heteroatoms. The molecule has 1 unspecified atom stereocenters. The Kier molecular flexibility index (Phi) is 4.26. The summed E-state index contributed by atoms with van der Waals surface area (Å²) in [5.74, 6) is 0. The number of halogens is 3. The average Bonchev–Trinajstić information content (AvgIpc) is 2.25. The van der Waals surface area contributed by atoms with Gasteiger partial charge in [-0.3, -0.25) is 4.98 Å². The quantitative estimate of drug-likeness (QED) is 0.866. The second-order valence-corrected chi connectivity index (χ2v) is 3.36. The molecule has 0 bridgehead atoms. The lowest BCUT2D eigenvalue weighted by atomic mass is 10.2. The van der Waals surface area contributed by atoms with Gasteiger partial charge in [0, 0.05) is 12.7 Å². The van der Waals surface area contributed by atoms with Crippen LogP contribution in [-0.2, 0) is 17.9 Å². The Balaban J connectivity index is 2.48. The Hall–Kier alpha value is -1.14. The number of rotatable bonds is 4. The Morgan fingerprint density at radius 3 is 2.56 bits per heavy atom. The maximum atomic E-state index is 12.1. The number of pyridine rings is 1.